The van der Waals surface area contributed by atoms with Crippen LogP contribution in [0.2, 0.25) is 0 Å². The molecule has 0 radical (unpaired) electrons. The molecule has 2 aromatic rings. The van der Waals surface area contributed by atoms with Crippen LogP contribution < -0.4 is 5.73 Å². The fourth-order valence-electron chi connectivity index (χ4n) is 2.00. The Balaban J connectivity index is 2.17. The summed E-state index contributed by atoms with van der Waals surface area (Å²) in [6.07, 6.45) is -0.446. The first-order valence-corrected chi connectivity index (χ1v) is 6.80. The Hall–Kier alpha value is -1.23. The Kier molecular flexibility index (Phi) is 4.69. The molecule has 0 aliphatic carbocycles. The molecule has 0 aromatic heterocycles. The molecule has 4 heteroatoms. The molecule has 2 atom stereocenters. The lowest BCUT2D eigenvalue weighted by molar-refractivity contribution is 0.143. The second kappa shape index (κ2) is 6.28. The monoisotopic (exact) mass is 323 g/mol. The second-order valence-corrected chi connectivity index (χ2v) is 5.27. The number of aliphatic hydroxyl groups is 1. The van der Waals surface area contributed by atoms with Gasteiger partial charge in [-0.3, -0.25) is 0 Å². The average Bonchev–Trinajstić information content (AvgIpc) is 2.39. The minimum Gasteiger partial charge on any atom is -0.391 e. The van der Waals surface area contributed by atoms with E-state index in [9.17, 15) is 9.50 Å². The summed E-state index contributed by atoms with van der Waals surface area (Å²) >= 11 is 3.27. The molecule has 0 spiro atoms. The van der Waals surface area contributed by atoms with Crippen LogP contribution in [0.3, 0.4) is 0 Å². The van der Waals surface area contributed by atoms with Gasteiger partial charge in [-0.2, -0.15) is 0 Å². The maximum absolute atomic E-state index is 13.8. The van der Waals surface area contributed by atoms with Crippen molar-refractivity contribution in [1.82, 2.24) is 0 Å². The maximum Gasteiger partial charge on any atom is 0.129 e. The van der Waals surface area contributed by atoms with Crippen molar-refractivity contribution in [3.8, 4) is 0 Å². The van der Waals surface area contributed by atoms with Crippen molar-refractivity contribution in [2.75, 3.05) is 0 Å². The molecule has 0 fully saturated rings. The van der Waals surface area contributed by atoms with Gasteiger partial charge in [0.1, 0.15) is 5.82 Å². The second-order valence-electron chi connectivity index (χ2n) is 4.42. The maximum atomic E-state index is 13.8. The lowest BCUT2D eigenvalue weighted by Crippen LogP contribution is -2.29. The first-order chi connectivity index (χ1) is 9.09. The molecule has 0 unspecified atom stereocenters. The Bertz CT molecular complexity index is 527. The summed E-state index contributed by atoms with van der Waals surface area (Å²) < 4.78 is 14.4. The largest absolute Gasteiger partial charge is 0.391 e. The quantitative estimate of drug-likeness (QED) is 0.907. The molecule has 0 saturated heterocycles. The van der Waals surface area contributed by atoms with E-state index >= 15 is 0 Å². The van der Waals surface area contributed by atoms with Crippen LogP contribution in [0.15, 0.2) is 53.0 Å². The van der Waals surface area contributed by atoms with Gasteiger partial charge >= 0.3 is 0 Å². The molecule has 2 nitrogen and oxygen atoms in total. The number of rotatable bonds is 4. The van der Waals surface area contributed by atoms with E-state index < -0.39 is 18.0 Å². The number of halogens is 2. The highest BCUT2D eigenvalue weighted by molar-refractivity contribution is 9.10. The smallest absolute Gasteiger partial charge is 0.129 e. The molecule has 100 valence electrons. The van der Waals surface area contributed by atoms with E-state index in [0.717, 1.165) is 5.56 Å². The van der Waals surface area contributed by atoms with E-state index in [4.69, 9.17) is 5.73 Å². The van der Waals surface area contributed by atoms with Gasteiger partial charge in [0.05, 0.1) is 12.1 Å². The molecule has 19 heavy (non-hydrogen) atoms. The minimum atomic E-state index is -0.837. The van der Waals surface area contributed by atoms with Crippen molar-refractivity contribution in [2.45, 2.75) is 18.6 Å². The van der Waals surface area contributed by atoms with E-state index in [1.807, 2.05) is 30.3 Å². The van der Waals surface area contributed by atoms with Gasteiger partial charge < -0.3 is 10.8 Å². The van der Waals surface area contributed by atoms with Gasteiger partial charge in [0.25, 0.3) is 0 Å². The molecule has 0 aliphatic heterocycles. The first-order valence-electron chi connectivity index (χ1n) is 6.01. The first kappa shape index (κ1) is 14.2. The van der Waals surface area contributed by atoms with Gasteiger partial charge in [-0.15, -0.1) is 0 Å². The van der Waals surface area contributed by atoms with E-state index in [1.54, 1.807) is 12.1 Å². The van der Waals surface area contributed by atoms with Crippen LogP contribution >= 0.6 is 15.9 Å². The Morgan fingerprint density at radius 1 is 1.11 bits per heavy atom. The minimum absolute atomic E-state index is 0.311. The van der Waals surface area contributed by atoms with Gasteiger partial charge in [-0.05, 0) is 17.7 Å². The fourth-order valence-corrected chi connectivity index (χ4v) is 2.61. The van der Waals surface area contributed by atoms with Crippen LogP contribution in [0.25, 0.3) is 0 Å². The predicted octanol–water partition coefficient (Wildman–Crippen LogP) is 3.19. The Morgan fingerprint density at radius 3 is 2.42 bits per heavy atom. The number of nitrogens with two attached hydrogens (primary N) is 1. The van der Waals surface area contributed by atoms with Crippen molar-refractivity contribution in [3.05, 3.63) is 69.9 Å². The lowest BCUT2D eigenvalue weighted by atomic mass is 9.96. The van der Waals surface area contributed by atoms with Crippen molar-refractivity contribution >= 4 is 15.9 Å². The van der Waals surface area contributed by atoms with Crippen LogP contribution in [0, 0.1) is 5.82 Å². The van der Waals surface area contributed by atoms with Crippen LogP contribution in [0.5, 0.6) is 0 Å². The van der Waals surface area contributed by atoms with Crippen LogP contribution in [0.4, 0.5) is 4.39 Å². The van der Waals surface area contributed by atoms with Crippen molar-refractivity contribution in [1.29, 1.82) is 0 Å². The molecule has 2 aromatic carbocycles. The topological polar surface area (TPSA) is 46.2 Å². The highest BCUT2D eigenvalue weighted by atomic mass is 79.9. The van der Waals surface area contributed by atoms with Gasteiger partial charge in [-0.1, -0.05) is 52.3 Å². The molecule has 0 saturated carbocycles. The zero-order valence-corrected chi connectivity index (χ0v) is 11.8. The summed E-state index contributed by atoms with van der Waals surface area (Å²) in [7, 11) is 0. The average molecular weight is 324 g/mol. The third-order valence-electron chi connectivity index (χ3n) is 3.04. The van der Waals surface area contributed by atoms with Crippen molar-refractivity contribution < 1.29 is 9.50 Å². The van der Waals surface area contributed by atoms with Gasteiger partial charge in [0.15, 0.2) is 0 Å². The fraction of sp³-hybridized carbons (Fsp3) is 0.200. The van der Waals surface area contributed by atoms with Crippen molar-refractivity contribution in [2.24, 2.45) is 5.73 Å². The third kappa shape index (κ3) is 3.41. The number of benzene rings is 2. The Morgan fingerprint density at radius 2 is 1.79 bits per heavy atom. The number of aliphatic hydroxyl groups excluding tert-OH is 1. The molecule has 0 aliphatic rings. The van der Waals surface area contributed by atoms with Gasteiger partial charge in [0.2, 0.25) is 0 Å². The van der Waals surface area contributed by atoms with Crippen LogP contribution in [-0.4, -0.2) is 11.2 Å². The molecule has 0 amide bonds. The third-order valence-corrected chi connectivity index (χ3v) is 3.73. The highest BCUT2D eigenvalue weighted by Crippen LogP contribution is 2.27. The number of hydrogen-bond acceptors (Lipinski definition) is 2. The molecule has 0 bridgehead atoms. The van der Waals surface area contributed by atoms with Gasteiger partial charge in [0, 0.05) is 16.5 Å². The predicted molar refractivity (Wildman–Crippen MR) is 77.2 cm³/mol. The van der Waals surface area contributed by atoms with Gasteiger partial charge in [-0.25, -0.2) is 4.39 Å². The summed E-state index contributed by atoms with van der Waals surface area (Å²) in [5.74, 6) is -0.408. The molecule has 3 N–H and O–H groups in total. The standard InChI is InChI=1S/C15H15BrFNO/c16-11-7-4-8-12(17)14(11)15(18)13(19)9-10-5-2-1-3-6-10/h1-8,13,15,19H,9,18H2/t13-,15-/m0/s1. The molecular weight excluding hydrogens is 309 g/mol. The molecule has 0 heterocycles. The lowest BCUT2D eigenvalue weighted by Gasteiger charge is -2.21. The Labute approximate surface area is 120 Å². The molecular formula is C15H15BrFNO. The van der Waals surface area contributed by atoms with Crippen LogP contribution in [0.1, 0.15) is 17.2 Å². The van der Waals surface area contributed by atoms with E-state index in [2.05, 4.69) is 15.9 Å². The summed E-state index contributed by atoms with van der Waals surface area (Å²) in [6, 6.07) is 13.4. The SMILES string of the molecule is N[C@H](c1c(F)cccc1Br)[C@@H](O)Cc1ccccc1. The number of hydrogen-bond donors (Lipinski definition) is 2. The van der Waals surface area contributed by atoms with E-state index in [1.165, 1.54) is 6.07 Å². The molecule has 2 rings (SSSR count). The summed E-state index contributed by atoms with van der Waals surface area (Å²) in [6.45, 7) is 0. The summed E-state index contributed by atoms with van der Waals surface area (Å²) in [5.41, 5.74) is 7.25. The zero-order valence-electron chi connectivity index (χ0n) is 10.3. The van der Waals surface area contributed by atoms with Crippen LogP contribution in [-0.2, 0) is 6.42 Å². The van der Waals surface area contributed by atoms with Crippen molar-refractivity contribution in [3.63, 3.8) is 0 Å². The summed E-state index contributed by atoms with van der Waals surface area (Å²) in [4.78, 5) is 0. The van der Waals surface area contributed by atoms with E-state index in [0.29, 0.717) is 16.5 Å². The zero-order chi connectivity index (χ0) is 13.8. The normalized spacial score (nSPS) is 14.1. The highest BCUT2D eigenvalue weighted by Gasteiger charge is 2.22. The summed E-state index contributed by atoms with van der Waals surface area (Å²) in [5, 5.41) is 10.2. The van der Waals surface area contributed by atoms with E-state index in [-0.39, 0.29) is 0 Å².